The summed E-state index contributed by atoms with van der Waals surface area (Å²) in [5.41, 5.74) is 2.50. The normalized spacial score (nSPS) is 21.8. The maximum absolute atomic E-state index is 9.72. The molecule has 2 unspecified atom stereocenters. The van der Waals surface area contributed by atoms with E-state index in [-0.39, 0.29) is 23.2 Å². The molecule has 0 fully saturated rings. The smallest absolute Gasteiger partial charge is 0.0589 e. The van der Waals surface area contributed by atoms with Crippen LogP contribution < -0.4 is 0 Å². The maximum atomic E-state index is 9.72. The molecule has 1 N–H and O–H groups in total. The van der Waals surface area contributed by atoms with E-state index in [9.17, 15) is 5.11 Å². The van der Waals surface area contributed by atoms with Crippen molar-refractivity contribution in [3.05, 3.63) is 59.7 Å². The maximum Gasteiger partial charge on any atom is 0.0589 e. The molecule has 94 valence electrons. The van der Waals surface area contributed by atoms with Gasteiger partial charge in [0, 0.05) is 17.1 Å². The van der Waals surface area contributed by atoms with Gasteiger partial charge >= 0.3 is 0 Å². The van der Waals surface area contributed by atoms with Gasteiger partial charge in [-0.3, -0.25) is 0 Å². The summed E-state index contributed by atoms with van der Waals surface area (Å²) in [6, 6.07) is 16.2. The summed E-state index contributed by atoms with van der Waals surface area (Å²) >= 11 is 0. The number of hydrogen-bond donors (Lipinski definition) is 1. The van der Waals surface area contributed by atoms with Gasteiger partial charge in [0.15, 0.2) is 0 Å². The molecule has 0 saturated carbocycles. The number of aliphatic hydroxyl groups excluding tert-OH is 1. The van der Waals surface area contributed by atoms with Crippen molar-refractivity contribution in [2.45, 2.75) is 25.9 Å². The minimum absolute atomic E-state index is 0. The molecule has 0 radical (unpaired) electrons. The van der Waals surface area contributed by atoms with Gasteiger partial charge in [-0.1, -0.05) is 19.8 Å². The average Bonchev–Trinajstić information content (AvgIpc) is 2.96. The molecular formula is C15H18FeO-2. The van der Waals surface area contributed by atoms with Crippen LogP contribution in [0.4, 0.5) is 0 Å². The van der Waals surface area contributed by atoms with Crippen LogP contribution in [0.3, 0.4) is 0 Å². The van der Waals surface area contributed by atoms with E-state index in [1.54, 1.807) is 0 Å². The van der Waals surface area contributed by atoms with Crippen molar-refractivity contribution >= 4 is 0 Å². The van der Waals surface area contributed by atoms with Gasteiger partial charge in [-0.15, -0.1) is 5.56 Å². The first-order valence-corrected chi connectivity index (χ1v) is 5.88. The van der Waals surface area contributed by atoms with Gasteiger partial charge in [-0.2, -0.15) is 35.9 Å². The zero-order chi connectivity index (χ0) is 11.4. The van der Waals surface area contributed by atoms with Crippen molar-refractivity contribution < 1.29 is 22.2 Å². The molecule has 3 rings (SSSR count). The Morgan fingerprint density at radius 1 is 1.24 bits per heavy atom. The molecule has 1 nitrogen and oxygen atoms in total. The molecule has 0 aliphatic heterocycles. The van der Waals surface area contributed by atoms with Crippen molar-refractivity contribution in [2.75, 3.05) is 0 Å². The van der Waals surface area contributed by atoms with E-state index in [0.29, 0.717) is 5.92 Å². The van der Waals surface area contributed by atoms with Crippen LogP contribution in [0.1, 0.15) is 30.6 Å². The van der Waals surface area contributed by atoms with Crippen LogP contribution in [-0.4, -0.2) is 5.11 Å². The quantitative estimate of drug-likeness (QED) is 0.574. The van der Waals surface area contributed by atoms with E-state index in [4.69, 9.17) is 0 Å². The Kier molecular flexibility index (Phi) is 5.70. The summed E-state index contributed by atoms with van der Waals surface area (Å²) in [7, 11) is 0. The third-order valence-electron chi connectivity index (χ3n) is 3.23. The van der Waals surface area contributed by atoms with E-state index in [1.165, 1.54) is 5.56 Å². The molecule has 2 aromatic rings. The van der Waals surface area contributed by atoms with E-state index < -0.39 is 0 Å². The van der Waals surface area contributed by atoms with Crippen molar-refractivity contribution in [3.8, 4) is 0 Å². The van der Waals surface area contributed by atoms with E-state index in [0.717, 1.165) is 18.4 Å². The summed E-state index contributed by atoms with van der Waals surface area (Å²) in [5.74, 6) is 0.435. The zero-order valence-corrected chi connectivity index (χ0v) is 11.1. The Bertz CT molecular complexity index is 385. The SMILES string of the molecule is CC1CCc2cc[cH-]c2C1O.[Fe].c1cc[cH-]c1. The summed E-state index contributed by atoms with van der Waals surface area (Å²) in [6.45, 7) is 2.11. The number of fused-ring (bicyclic) bond motifs is 1. The van der Waals surface area contributed by atoms with Crippen LogP contribution in [0.5, 0.6) is 0 Å². The second-order valence-electron chi connectivity index (χ2n) is 4.43. The van der Waals surface area contributed by atoms with Crippen molar-refractivity contribution in [2.24, 2.45) is 5.92 Å². The first kappa shape index (κ1) is 14.2. The Hall–Kier alpha value is -0.821. The molecule has 1 aliphatic rings. The Balaban J connectivity index is 0.000000205. The van der Waals surface area contributed by atoms with Crippen LogP contribution in [-0.2, 0) is 23.5 Å². The summed E-state index contributed by atoms with van der Waals surface area (Å²) < 4.78 is 0. The van der Waals surface area contributed by atoms with Gasteiger partial charge in [0.1, 0.15) is 0 Å². The molecule has 2 heteroatoms. The molecule has 0 spiro atoms. The summed E-state index contributed by atoms with van der Waals surface area (Å²) in [4.78, 5) is 0. The van der Waals surface area contributed by atoms with E-state index >= 15 is 0 Å². The fourth-order valence-electron chi connectivity index (χ4n) is 2.16. The topological polar surface area (TPSA) is 20.2 Å². The third kappa shape index (κ3) is 3.57. The molecule has 0 saturated heterocycles. The molecule has 2 atom stereocenters. The first-order chi connectivity index (χ1) is 7.79. The van der Waals surface area contributed by atoms with Gasteiger partial charge in [-0.25, -0.2) is 18.2 Å². The van der Waals surface area contributed by atoms with Crippen LogP contribution in [0.15, 0.2) is 48.5 Å². The predicted octanol–water partition coefficient (Wildman–Crippen LogP) is 3.42. The van der Waals surface area contributed by atoms with Crippen LogP contribution >= 0.6 is 0 Å². The van der Waals surface area contributed by atoms with Gasteiger partial charge in [-0.05, 0) is 5.92 Å². The molecule has 0 heterocycles. The van der Waals surface area contributed by atoms with Crippen molar-refractivity contribution in [1.29, 1.82) is 0 Å². The van der Waals surface area contributed by atoms with Gasteiger partial charge in [0.2, 0.25) is 0 Å². The number of aliphatic hydroxyl groups is 1. The van der Waals surface area contributed by atoms with Crippen LogP contribution in [0.2, 0.25) is 0 Å². The van der Waals surface area contributed by atoms with Crippen molar-refractivity contribution in [3.63, 3.8) is 0 Å². The molecule has 2 aromatic carbocycles. The fraction of sp³-hybridized carbons (Fsp3) is 0.333. The second kappa shape index (κ2) is 6.80. The van der Waals surface area contributed by atoms with E-state index in [2.05, 4.69) is 13.0 Å². The Morgan fingerprint density at radius 3 is 2.53 bits per heavy atom. The van der Waals surface area contributed by atoms with Gasteiger partial charge < -0.3 is 5.11 Å². The summed E-state index contributed by atoms with van der Waals surface area (Å²) in [5, 5.41) is 9.72. The fourth-order valence-corrected chi connectivity index (χ4v) is 2.16. The largest absolute Gasteiger partial charge is 0.390 e. The number of hydrogen-bond acceptors (Lipinski definition) is 1. The molecule has 0 bridgehead atoms. The molecule has 1 aliphatic carbocycles. The van der Waals surface area contributed by atoms with Gasteiger partial charge in [0.25, 0.3) is 0 Å². The third-order valence-corrected chi connectivity index (χ3v) is 3.23. The minimum atomic E-state index is -0.214. The second-order valence-corrected chi connectivity index (χ2v) is 4.43. The van der Waals surface area contributed by atoms with Crippen molar-refractivity contribution in [1.82, 2.24) is 0 Å². The molecule has 0 amide bonds. The Morgan fingerprint density at radius 2 is 1.94 bits per heavy atom. The Labute approximate surface area is 114 Å². The molecular weight excluding hydrogens is 252 g/mol. The summed E-state index contributed by atoms with van der Waals surface area (Å²) in [6.07, 6.45) is 2.05. The number of rotatable bonds is 0. The van der Waals surface area contributed by atoms with Crippen LogP contribution in [0.25, 0.3) is 0 Å². The zero-order valence-electron chi connectivity index (χ0n) is 9.99. The first-order valence-electron chi connectivity index (χ1n) is 5.88. The van der Waals surface area contributed by atoms with E-state index in [1.807, 2.05) is 42.5 Å². The van der Waals surface area contributed by atoms with Crippen LogP contribution in [0, 0.1) is 5.92 Å². The minimum Gasteiger partial charge on any atom is -0.390 e. The molecule has 0 aromatic heterocycles. The van der Waals surface area contributed by atoms with Gasteiger partial charge in [0.05, 0.1) is 6.10 Å². The number of aryl methyl sites for hydroxylation is 1. The predicted molar refractivity (Wildman–Crippen MR) is 66.5 cm³/mol. The molecule has 17 heavy (non-hydrogen) atoms. The average molecular weight is 270 g/mol. The monoisotopic (exact) mass is 270 g/mol. The standard InChI is InChI=1S/C10H13O.C5H5.Fe/c1-7-5-6-8-3-2-4-9(8)10(7)11;1-2-4-5-3-1;/h2-4,7,10-11H,5-6H2,1H3;1-5H;/q2*-1;.